The van der Waals surface area contributed by atoms with Crippen molar-refractivity contribution in [2.24, 2.45) is 11.7 Å². The van der Waals surface area contributed by atoms with Crippen LogP contribution in [0.15, 0.2) is 24.3 Å². The Morgan fingerprint density at radius 2 is 2.16 bits per heavy atom. The number of nitrogens with two attached hydrogens (primary N) is 1. The molecule has 0 bridgehead atoms. The smallest absolute Gasteiger partial charge is 0.0641 e. The van der Waals surface area contributed by atoms with E-state index in [-0.39, 0.29) is 0 Å². The molecule has 0 radical (unpaired) electrons. The van der Waals surface area contributed by atoms with Crippen molar-refractivity contribution in [2.45, 2.75) is 32.7 Å². The first-order valence-electron chi connectivity index (χ1n) is 7.34. The van der Waals surface area contributed by atoms with Crippen molar-refractivity contribution in [1.29, 1.82) is 0 Å². The average Bonchev–Trinajstić information content (AvgIpc) is 2.43. The average molecular weight is 262 g/mol. The van der Waals surface area contributed by atoms with Crippen molar-refractivity contribution < 1.29 is 4.74 Å². The molecule has 1 aliphatic heterocycles. The molecule has 1 atom stereocenters. The molecule has 0 amide bonds. The maximum Gasteiger partial charge on any atom is 0.0641 e. The minimum absolute atomic E-state index is 0.456. The highest BCUT2D eigenvalue weighted by atomic mass is 16.5. The van der Waals surface area contributed by atoms with Gasteiger partial charge in [-0.2, -0.15) is 0 Å². The van der Waals surface area contributed by atoms with Crippen LogP contribution in [0.5, 0.6) is 0 Å². The van der Waals surface area contributed by atoms with Crippen molar-refractivity contribution in [3.05, 3.63) is 29.8 Å². The Kier molecular flexibility index (Phi) is 5.23. The molecular formula is C16H26N2O. The molecule has 0 fully saturated rings. The molecule has 0 spiro atoms. The van der Waals surface area contributed by atoms with Crippen LogP contribution < -0.4 is 10.6 Å². The summed E-state index contributed by atoms with van der Waals surface area (Å²) in [5.41, 5.74) is 8.71. The number of nitrogens with zero attached hydrogens (tertiary/aromatic N) is 1. The number of aryl methyl sites for hydroxylation is 1. The molecule has 1 aliphatic rings. The molecule has 0 saturated carbocycles. The first kappa shape index (κ1) is 14.4. The van der Waals surface area contributed by atoms with E-state index in [1.54, 1.807) is 0 Å². The summed E-state index contributed by atoms with van der Waals surface area (Å²) in [5, 5.41) is 0. The third kappa shape index (κ3) is 3.71. The molecule has 1 unspecified atom stereocenters. The van der Waals surface area contributed by atoms with E-state index in [0.29, 0.717) is 12.0 Å². The van der Waals surface area contributed by atoms with Gasteiger partial charge in [0.15, 0.2) is 0 Å². The minimum Gasteiger partial charge on any atom is -0.379 e. The van der Waals surface area contributed by atoms with E-state index in [4.69, 9.17) is 10.5 Å². The highest BCUT2D eigenvalue weighted by Crippen LogP contribution is 2.29. The van der Waals surface area contributed by atoms with Gasteiger partial charge < -0.3 is 15.4 Å². The molecule has 106 valence electrons. The van der Waals surface area contributed by atoms with Crippen LogP contribution in [0.3, 0.4) is 0 Å². The van der Waals surface area contributed by atoms with E-state index in [1.807, 2.05) is 0 Å². The van der Waals surface area contributed by atoms with Gasteiger partial charge in [-0.25, -0.2) is 0 Å². The summed E-state index contributed by atoms with van der Waals surface area (Å²) in [7, 11) is 0. The lowest BCUT2D eigenvalue weighted by molar-refractivity contribution is 0.114. The highest BCUT2D eigenvalue weighted by molar-refractivity contribution is 5.56. The lowest BCUT2D eigenvalue weighted by atomic mass is 9.96. The summed E-state index contributed by atoms with van der Waals surface area (Å²) >= 11 is 0. The SMILES string of the molecule is CC(C)COCCN1c2ccccc2CCC1CN. The maximum absolute atomic E-state index is 5.92. The predicted octanol–water partition coefficient (Wildman–Crippen LogP) is 2.44. The van der Waals surface area contributed by atoms with Crippen LogP contribution in [-0.4, -0.2) is 32.3 Å². The molecule has 2 rings (SSSR count). The van der Waals surface area contributed by atoms with E-state index < -0.39 is 0 Å². The summed E-state index contributed by atoms with van der Waals surface area (Å²) in [4.78, 5) is 2.43. The summed E-state index contributed by atoms with van der Waals surface area (Å²) in [5.74, 6) is 0.596. The zero-order valence-electron chi connectivity index (χ0n) is 12.1. The second kappa shape index (κ2) is 6.92. The molecular weight excluding hydrogens is 236 g/mol. The summed E-state index contributed by atoms with van der Waals surface area (Å²) < 4.78 is 5.72. The van der Waals surface area contributed by atoms with E-state index in [0.717, 1.165) is 39.1 Å². The normalized spacial score (nSPS) is 18.7. The quantitative estimate of drug-likeness (QED) is 0.800. The van der Waals surface area contributed by atoms with E-state index in [9.17, 15) is 0 Å². The Morgan fingerprint density at radius 3 is 2.89 bits per heavy atom. The van der Waals surface area contributed by atoms with Gasteiger partial charge >= 0.3 is 0 Å². The number of para-hydroxylation sites is 1. The Hall–Kier alpha value is -1.06. The Morgan fingerprint density at radius 1 is 1.37 bits per heavy atom. The van der Waals surface area contributed by atoms with Crippen LogP contribution in [0.1, 0.15) is 25.8 Å². The second-order valence-electron chi connectivity index (χ2n) is 5.72. The summed E-state index contributed by atoms with van der Waals surface area (Å²) in [6.45, 7) is 7.63. The molecule has 2 N–H and O–H groups in total. The van der Waals surface area contributed by atoms with E-state index in [2.05, 4.69) is 43.0 Å². The molecule has 3 heteroatoms. The minimum atomic E-state index is 0.456. The number of rotatable bonds is 6. The highest BCUT2D eigenvalue weighted by Gasteiger charge is 2.24. The van der Waals surface area contributed by atoms with Crippen molar-refractivity contribution in [2.75, 3.05) is 31.2 Å². The Labute approximate surface area is 116 Å². The van der Waals surface area contributed by atoms with Crippen LogP contribution in [-0.2, 0) is 11.2 Å². The number of hydrogen-bond donors (Lipinski definition) is 1. The van der Waals surface area contributed by atoms with Crippen LogP contribution in [0.2, 0.25) is 0 Å². The number of ether oxygens (including phenoxy) is 1. The molecule has 1 aromatic rings. The van der Waals surface area contributed by atoms with Gasteiger partial charge in [0, 0.05) is 31.4 Å². The number of benzene rings is 1. The first-order chi connectivity index (χ1) is 9.22. The van der Waals surface area contributed by atoms with Gasteiger partial charge in [-0.15, -0.1) is 0 Å². The fourth-order valence-electron chi connectivity index (χ4n) is 2.71. The van der Waals surface area contributed by atoms with Crippen molar-refractivity contribution in [3.63, 3.8) is 0 Å². The molecule has 1 aromatic carbocycles. The zero-order chi connectivity index (χ0) is 13.7. The maximum atomic E-state index is 5.92. The van der Waals surface area contributed by atoms with Crippen LogP contribution in [0.4, 0.5) is 5.69 Å². The monoisotopic (exact) mass is 262 g/mol. The number of anilines is 1. The van der Waals surface area contributed by atoms with Gasteiger partial charge in [-0.3, -0.25) is 0 Å². The fourth-order valence-corrected chi connectivity index (χ4v) is 2.71. The molecule has 0 aromatic heterocycles. The standard InChI is InChI=1S/C16H26N2O/c1-13(2)12-19-10-9-18-15(11-17)8-7-14-5-3-4-6-16(14)18/h3-6,13,15H,7-12,17H2,1-2H3. The van der Waals surface area contributed by atoms with Gasteiger partial charge in [0.05, 0.1) is 6.61 Å². The zero-order valence-corrected chi connectivity index (χ0v) is 12.1. The first-order valence-corrected chi connectivity index (χ1v) is 7.34. The van der Waals surface area contributed by atoms with Gasteiger partial charge in [0.1, 0.15) is 0 Å². The largest absolute Gasteiger partial charge is 0.379 e. The van der Waals surface area contributed by atoms with Gasteiger partial charge in [-0.05, 0) is 30.4 Å². The molecule has 0 aliphatic carbocycles. The van der Waals surface area contributed by atoms with Crippen LogP contribution in [0.25, 0.3) is 0 Å². The molecule has 0 saturated heterocycles. The molecule has 1 heterocycles. The van der Waals surface area contributed by atoms with Crippen LogP contribution in [0, 0.1) is 5.92 Å². The third-order valence-corrected chi connectivity index (χ3v) is 3.69. The second-order valence-corrected chi connectivity index (χ2v) is 5.72. The van der Waals surface area contributed by atoms with E-state index in [1.165, 1.54) is 11.3 Å². The van der Waals surface area contributed by atoms with Crippen molar-refractivity contribution in [1.82, 2.24) is 0 Å². The predicted molar refractivity (Wildman–Crippen MR) is 80.6 cm³/mol. The van der Waals surface area contributed by atoms with Gasteiger partial charge in [0.25, 0.3) is 0 Å². The van der Waals surface area contributed by atoms with Gasteiger partial charge in [0.2, 0.25) is 0 Å². The lowest BCUT2D eigenvalue weighted by Crippen LogP contribution is -2.45. The Balaban J connectivity index is 1.99. The van der Waals surface area contributed by atoms with Crippen molar-refractivity contribution in [3.8, 4) is 0 Å². The number of hydrogen-bond acceptors (Lipinski definition) is 3. The topological polar surface area (TPSA) is 38.5 Å². The summed E-state index contributed by atoms with van der Waals surface area (Å²) in [6.07, 6.45) is 2.29. The molecule has 19 heavy (non-hydrogen) atoms. The fraction of sp³-hybridized carbons (Fsp3) is 0.625. The van der Waals surface area contributed by atoms with Crippen molar-refractivity contribution >= 4 is 5.69 Å². The third-order valence-electron chi connectivity index (χ3n) is 3.69. The van der Waals surface area contributed by atoms with Gasteiger partial charge in [-0.1, -0.05) is 32.0 Å². The van der Waals surface area contributed by atoms with E-state index >= 15 is 0 Å². The number of fused-ring (bicyclic) bond motifs is 1. The van der Waals surface area contributed by atoms with Crippen LogP contribution >= 0.6 is 0 Å². The lowest BCUT2D eigenvalue weighted by Gasteiger charge is -2.38. The molecule has 3 nitrogen and oxygen atoms in total. The Bertz CT molecular complexity index is 392. The summed E-state index contributed by atoms with van der Waals surface area (Å²) in [6, 6.07) is 9.12.